The highest BCUT2D eigenvalue weighted by molar-refractivity contribution is 5.78. The SMILES string of the molecule is CC(C)(C)OC(=O)NCCc1nc2cc(F)ccc2n1-c1ccccc1. The molecule has 0 saturated heterocycles. The van der Waals surface area contributed by atoms with E-state index in [-0.39, 0.29) is 5.82 Å². The number of nitrogens with zero attached hydrogens (tertiary/aromatic N) is 2. The number of imidazole rings is 1. The van der Waals surface area contributed by atoms with Crippen molar-refractivity contribution >= 4 is 17.1 Å². The van der Waals surface area contributed by atoms with E-state index >= 15 is 0 Å². The summed E-state index contributed by atoms with van der Waals surface area (Å²) in [7, 11) is 0. The first kappa shape index (κ1) is 17.9. The van der Waals surface area contributed by atoms with Gasteiger partial charge in [-0.05, 0) is 45.0 Å². The number of benzene rings is 2. The van der Waals surface area contributed by atoms with E-state index in [2.05, 4.69) is 10.3 Å². The molecule has 0 bridgehead atoms. The van der Waals surface area contributed by atoms with Gasteiger partial charge in [0, 0.05) is 24.7 Å². The Morgan fingerprint density at radius 3 is 2.62 bits per heavy atom. The standard InChI is InChI=1S/C20H22FN3O2/c1-20(2,3)26-19(25)22-12-11-18-23-16-13-14(21)9-10-17(16)24(18)15-7-5-4-6-8-15/h4-10,13H,11-12H2,1-3H3,(H,22,25). The molecule has 1 amide bonds. The van der Waals surface area contributed by atoms with E-state index in [1.807, 2.05) is 55.7 Å². The third kappa shape index (κ3) is 4.20. The smallest absolute Gasteiger partial charge is 0.407 e. The van der Waals surface area contributed by atoms with Crippen molar-refractivity contribution in [2.24, 2.45) is 0 Å². The Balaban J connectivity index is 1.85. The van der Waals surface area contributed by atoms with E-state index in [9.17, 15) is 9.18 Å². The molecular formula is C20H22FN3O2. The van der Waals surface area contributed by atoms with Crippen LogP contribution in [0.5, 0.6) is 0 Å². The van der Waals surface area contributed by atoms with Crippen LogP contribution in [0.1, 0.15) is 26.6 Å². The molecule has 0 fully saturated rings. The third-order valence-corrected chi connectivity index (χ3v) is 3.72. The van der Waals surface area contributed by atoms with Crippen molar-refractivity contribution in [3.63, 3.8) is 0 Å². The summed E-state index contributed by atoms with van der Waals surface area (Å²) in [6.45, 7) is 5.81. The number of para-hydroxylation sites is 1. The van der Waals surface area contributed by atoms with Crippen LogP contribution in [-0.4, -0.2) is 27.8 Å². The van der Waals surface area contributed by atoms with E-state index in [0.29, 0.717) is 18.5 Å². The third-order valence-electron chi connectivity index (χ3n) is 3.72. The number of hydrogen-bond donors (Lipinski definition) is 1. The van der Waals surface area contributed by atoms with Crippen LogP contribution in [0, 0.1) is 5.82 Å². The summed E-state index contributed by atoms with van der Waals surface area (Å²) in [5.74, 6) is 0.418. The predicted molar refractivity (Wildman–Crippen MR) is 99.0 cm³/mol. The summed E-state index contributed by atoms with van der Waals surface area (Å²) in [5, 5.41) is 2.73. The van der Waals surface area contributed by atoms with Crippen LogP contribution in [0.3, 0.4) is 0 Å². The van der Waals surface area contributed by atoms with Gasteiger partial charge in [-0.2, -0.15) is 0 Å². The average molecular weight is 355 g/mol. The van der Waals surface area contributed by atoms with E-state index in [0.717, 1.165) is 17.0 Å². The number of halogens is 1. The molecule has 2 aromatic carbocycles. The van der Waals surface area contributed by atoms with Crippen LogP contribution in [-0.2, 0) is 11.2 Å². The van der Waals surface area contributed by atoms with Crippen molar-refractivity contribution in [3.05, 3.63) is 60.2 Å². The highest BCUT2D eigenvalue weighted by atomic mass is 19.1. The molecule has 1 aromatic heterocycles. The average Bonchev–Trinajstić information content (AvgIpc) is 2.91. The second-order valence-electron chi connectivity index (χ2n) is 7.01. The first-order valence-corrected chi connectivity index (χ1v) is 8.53. The maximum absolute atomic E-state index is 13.6. The Labute approximate surface area is 151 Å². The molecule has 0 aliphatic heterocycles. The molecule has 0 aliphatic carbocycles. The lowest BCUT2D eigenvalue weighted by atomic mass is 10.2. The number of carbonyl (C=O) groups excluding carboxylic acids is 1. The number of hydrogen-bond acceptors (Lipinski definition) is 3. The van der Waals surface area contributed by atoms with E-state index in [1.54, 1.807) is 6.07 Å². The minimum atomic E-state index is -0.543. The van der Waals surface area contributed by atoms with Crippen LogP contribution >= 0.6 is 0 Å². The maximum Gasteiger partial charge on any atom is 0.407 e. The fourth-order valence-corrected chi connectivity index (χ4v) is 2.73. The first-order valence-electron chi connectivity index (χ1n) is 8.53. The second-order valence-corrected chi connectivity index (χ2v) is 7.01. The van der Waals surface area contributed by atoms with Gasteiger partial charge in [0.25, 0.3) is 0 Å². The number of fused-ring (bicyclic) bond motifs is 1. The van der Waals surface area contributed by atoms with Gasteiger partial charge in [-0.3, -0.25) is 4.57 Å². The van der Waals surface area contributed by atoms with Gasteiger partial charge < -0.3 is 10.1 Å². The molecule has 0 saturated carbocycles. The van der Waals surface area contributed by atoms with E-state index < -0.39 is 11.7 Å². The number of amides is 1. The maximum atomic E-state index is 13.6. The van der Waals surface area contributed by atoms with E-state index in [4.69, 9.17) is 4.74 Å². The van der Waals surface area contributed by atoms with Crippen LogP contribution < -0.4 is 5.32 Å². The van der Waals surface area contributed by atoms with Crippen LogP contribution in [0.2, 0.25) is 0 Å². The molecule has 5 nitrogen and oxygen atoms in total. The summed E-state index contributed by atoms with van der Waals surface area (Å²) in [6.07, 6.45) is 0.0238. The molecule has 3 rings (SSSR count). The number of aromatic nitrogens is 2. The van der Waals surface area contributed by atoms with Crippen molar-refractivity contribution in [2.45, 2.75) is 32.8 Å². The van der Waals surface area contributed by atoms with Gasteiger partial charge in [-0.15, -0.1) is 0 Å². The van der Waals surface area contributed by atoms with Crippen molar-refractivity contribution in [1.82, 2.24) is 14.9 Å². The Morgan fingerprint density at radius 1 is 1.19 bits per heavy atom. The number of nitrogens with one attached hydrogen (secondary N) is 1. The lowest BCUT2D eigenvalue weighted by Gasteiger charge is -2.19. The molecule has 1 heterocycles. The van der Waals surface area contributed by atoms with Gasteiger partial charge in [0.15, 0.2) is 0 Å². The van der Waals surface area contributed by atoms with Gasteiger partial charge in [0.1, 0.15) is 17.2 Å². The zero-order valence-electron chi connectivity index (χ0n) is 15.1. The Bertz CT molecular complexity index is 914. The monoisotopic (exact) mass is 355 g/mol. The van der Waals surface area contributed by atoms with Crippen LogP contribution in [0.15, 0.2) is 48.5 Å². The first-order chi connectivity index (χ1) is 12.3. The molecule has 3 aromatic rings. The van der Waals surface area contributed by atoms with Gasteiger partial charge in [-0.25, -0.2) is 14.2 Å². The lowest BCUT2D eigenvalue weighted by Crippen LogP contribution is -2.33. The molecule has 6 heteroatoms. The molecule has 0 spiro atoms. The lowest BCUT2D eigenvalue weighted by molar-refractivity contribution is 0.0528. The zero-order valence-corrected chi connectivity index (χ0v) is 15.1. The molecule has 1 N–H and O–H groups in total. The fraction of sp³-hybridized carbons (Fsp3) is 0.300. The highest BCUT2D eigenvalue weighted by Crippen LogP contribution is 2.22. The minimum Gasteiger partial charge on any atom is -0.444 e. The fourth-order valence-electron chi connectivity index (χ4n) is 2.73. The van der Waals surface area contributed by atoms with Crippen molar-refractivity contribution < 1.29 is 13.9 Å². The normalized spacial score (nSPS) is 11.5. The molecule has 0 aliphatic rings. The van der Waals surface area contributed by atoms with Crippen molar-refractivity contribution in [2.75, 3.05) is 6.54 Å². The second kappa shape index (κ2) is 7.15. The molecule has 136 valence electrons. The van der Waals surface area contributed by atoms with Gasteiger partial charge in [0.05, 0.1) is 11.0 Å². The van der Waals surface area contributed by atoms with Gasteiger partial charge in [-0.1, -0.05) is 18.2 Å². The molecule has 0 radical (unpaired) electrons. The largest absolute Gasteiger partial charge is 0.444 e. The van der Waals surface area contributed by atoms with Crippen molar-refractivity contribution in [1.29, 1.82) is 0 Å². The quantitative estimate of drug-likeness (QED) is 0.762. The summed E-state index contributed by atoms with van der Waals surface area (Å²) in [6, 6.07) is 14.3. The zero-order chi connectivity index (χ0) is 18.7. The van der Waals surface area contributed by atoms with Crippen LogP contribution in [0.4, 0.5) is 9.18 Å². The highest BCUT2D eigenvalue weighted by Gasteiger charge is 2.17. The number of ether oxygens (including phenoxy) is 1. The van der Waals surface area contributed by atoms with Crippen molar-refractivity contribution in [3.8, 4) is 5.69 Å². The van der Waals surface area contributed by atoms with Gasteiger partial charge >= 0.3 is 6.09 Å². The Hall–Kier alpha value is -2.89. The molecule has 0 atom stereocenters. The number of rotatable bonds is 4. The van der Waals surface area contributed by atoms with Gasteiger partial charge in [0.2, 0.25) is 0 Å². The summed E-state index contributed by atoms with van der Waals surface area (Å²) in [5.41, 5.74) is 1.80. The molecule has 0 unspecified atom stereocenters. The summed E-state index contributed by atoms with van der Waals surface area (Å²) >= 11 is 0. The Morgan fingerprint density at radius 2 is 1.92 bits per heavy atom. The topological polar surface area (TPSA) is 56.1 Å². The molecule has 26 heavy (non-hydrogen) atoms. The van der Waals surface area contributed by atoms with Crippen LogP contribution in [0.25, 0.3) is 16.7 Å². The predicted octanol–water partition coefficient (Wildman–Crippen LogP) is 4.23. The molecular weight excluding hydrogens is 333 g/mol. The minimum absolute atomic E-state index is 0.325. The number of alkyl carbamates (subject to hydrolysis) is 1. The Kier molecular flexibility index (Phi) is 4.93. The summed E-state index contributed by atoms with van der Waals surface area (Å²) < 4.78 is 20.8. The number of carbonyl (C=O) groups is 1. The van der Waals surface area contributed by atoms with E-state index in [1.165, 1.54) is 12.1 Å². The summed E-state index contributed by atoms with van der Waals surface area (Å²) in [4.78, 5) is 16.4.